The lowest BCUT2D eigenvalue weighted by atomic mass is 10.0. The molecule has 0 atom stereocenters. The predicted octanol–water partition coefficient (Wildman–Crippen LogP) is 4.67. The maximum Gasteiger partial charge on any atom is 0.239 e. The van der Waals surface area contributed by atoms with E-state index < -0.39 is 0 Å². The Hall–Kier alpha value is -2.66. The summed E-state index contributed by atoms with van der Waals surface area (Å²) >= 11 is 5.53. The van der Waals surface area contributed by atoms with Gasteiger partial charge < -0.3 is 10.6 Å². The molecule has 0 aliphatic rings. The van der Waals surface area contributed by atoms with Crippen molar-refractivity contribution in [2.75, 3.05) is 16.5 Å². The Bertz CT molecular complexity index is 911. The first-order chi connectivity index (χ1) is 12.1. The summed E-state index contributed by atoms with van der Waals surface area (Å²) in [6, 6.07) is 13.7. The van der Waals surface area contributed by atoms with Crippen LogP contribution in [-0.2, 0) is 4.79 Å². The molecular formula is C19H19ClN4O. The zero-order valence-corrected chi connectivity index (χ0v) is 14.8. The molecular weight excluding hydrogens is 336 g/mol. The first kappa shape index (κ1) is 17.2. The van der Waals surface area contributed by atoms with Crippen molar-refractivity contribution in [1.29, 1.82) is 0 Å². The summed E-state index contributed by atoms with van der Waals surface area (Å²) in [6.45, 7) is 4.31. The highest BCUT2D eigenvalue weighted by atomic mass is 35.5. The Labute approximate surface area is 151 Å². The van der Waals surface area contributed by atoms with Gasteiger partial charge in [-0.05, 0) is 35.7 Å². The van der Waals surface area contributed by atoms with Crippen LogP contribution in [0.2, 0.25) is 0 Å². The second-order valence-corrected chi connectivity index (χ2v) is 6.27. The minimum Gasteiger partial charge on any atom is -0.339 e. The minimum atomic E-state index is -0.251. The fraction of sp³-hybridized carbons (Fsp3) is 0.211. The van der Waals surface area contributed by atoms with Gasteiger partial charge in [-0.1, -0.05) is 32.0 Å². The molecule has 1 amide bonds. The first-order valence-electron chi connectivity index (χ1n) is 8.05. The van der Waals surface area contributed by atoms with Crippen molar-refractivity contribution in [2.24, 2.45) is 0 Å². The van der Waals surface area contributed by atoms with Gasteiger partial charge in [0, 0.05) is 16.8 Å². The van der Waals surface area contributed by atoms with Crippen molar-refractivity contribution in [3.05, 3.63) is 54.4 Å². The second-order valence-electron chi connectivity index (χ2n) is 6.00. The number of para-hydroxylation sites is 1. The molecule has 0 radical (unpaired) electrons. The number of anilines is 3. The monoisotopic (exact) mass is 354 g/mol. The van der Waals surface area contributed by atoms with Crippen molar-refractivity contribution in [1.82, 2.24) is 9.97 Å². The molecule has 0 saturated carbocycles. The number of aromatic nitrogens is 2. The van der Waals surface area contributed by atoms with Gasteiger partial charge in [0.15, 0.2) is 0 Å². The van der Waals surface area contributed by atoms with Crippen LogP contribution in [0.4, 0.5) is 17.2 Å². The van der Waals surface area contributed by atoms with E-state index in [9.17, 15) is 4.79 Å². The number of fused-ring (bicyclic) bond motifs is 1. The molecule has 25 heavy (non-hydrogen) atoms. The molecule has 2 aromatic carbocycles. The van der Waals surface area contributed by atoms with Gasteiger partial charge in [-0.25, -0.2) is 9.97 Å². The minimum absolute atomic E-state index is 0.0827. The number of hydrogen-bond acceptors (Lipinski definition) is 4. The molecule has 0 unspecified atom stereocenters. The summed E-state index contributed by atoms with van der Waals surface area (Å²) < 4.78 is 0. The van der Waals surface area contributed by atoms with Crippen LogP contribution < -0.4 is 10.6 Å². The summed E-state index contributed by atoms with van der Waals surface area (Å²) in [5.74, 6) is 0.794. The number of amides is 1. The fourth-order valence-electron chi connectivity index (χ4n) is 2.67. The molecule has 1 aromatic heterocycles. The van der Waals surface area contributed by atoms with Crippen LogP contribution in [0.25, 0.3) is 10.9 Å². The van der Waals surface area contributed by atoms with Crippen molar-refractivity contribution >= 4 is 45.6 Å². The first-order valence-corrected chi connectivity index (χ1v) is 8.58. The molecule has 0 aliphatic carbocycles. The van der Waals surface area contributed by atoms with Crippen LogP contribution in [-0.4, -0.2) is 21.8 Å². The second kappa shape index (κ2) is 7.49. The van der Waals surface area contributed by atoms with Crippen molar-refractivity contribution in [3.8, 4) is 0 Å². The Morgan fingerprint density at radius 1 is 1.16 bits per heavy atom. The van der Waals surface area contributed by atoms with Gasteiger partial charge >= 0.3 is 0 Å². The van der Waals surface area contributed by atoms with Gasteiger partial charge in [0.05, 0.1) is 5.52 Å². The summed E-state index contributed by atoms with van der Waals surface area (Å²) in [7, 11) is 0. The van der Waals surface area contributed by atoms with E-state index >= 15 is 0 Å². The maximum atomic E-state index is 11.4. The van der Waals surface area contributed by atoms with E-state index in [1.54, 1.807) is 6.07 Å². The normalized spacial score (nSPS) is 10.9. The molecule has 5 nitrogen and oxygen atoms in total. The Morgan fingerprint density at radius 3 is 2.72 bits per heavy atom. The number of carbonyl (C=O) groups is 1. The number of alkyl halides is 1. The van der Waals surface area contributed by atoms with E-state index in [0.29, 0.717) is 11.6 Å². The van der Waals surface area contributed by atoms with Crippen LogP contribution in [0, 0.1) is 0 Å². The molecule has 0 bridgehead atoms. The van der Waals surface area contributed by atoms with E-state index in [2.05, 4.69) is 40.5 Å². The molecule has 3 aromatic rings. The number of rotatable bonds is 5. The smallest absolute Gasteiger partial charge is 0.239 e. The number of benzene rings is 2. The Balaban J connectivity index is 1.96. The molecule has 3 rings (SSSR count). The Kier molecular flexibility index (Phi) is 5.14. The van der Waals surface area contributed by atoms with Crippen LogP contribution in [0.5, 0.6) is 0 Å². The van der Waals surface area contributed by atoms with Gasteiger partial charge in [-0.2, -0.15) is 0 Å². The zero-order chi connectivity index (χ0) is 17.8. The standard InChI is InChI=1S/C19H19ClN4O/c1-12(2)14-5-3-4-6-16(14)24-19-15-8-7-13(23-18(25)10-20)9-17(15)21-11-22-19/h3-9,11-12H,10H2,1-2H3,(H,23,25)(H,21,22,24). The molecule has 128 valence electrons. The largest absolute Gasteiger partial charge is 0.339 e. The summed E-state index contributed by atoms with van der Waals surface area (Å²) in [5, 5.41) is 7.01. The topological polar surface area (TPSA) is 66.9 Å². The molecule has 6 heteroatoms. The number of nitrogens with one attached hydrogen (secondary N) is 2. The zero-order valence-electron chi connectivity index (χ0n) is 14.1. The Morgan fingerprint density at radius 2 is 1.96 bits per heavy atom. The third-order valence-corrected chi connectivity index (χ3v) is 4.12. The molecule has 0 saturated heterocycles. The fourth-order valence-corrected chi connectivity index (χ4v) is 2.74. The van der Waals surface area contributed by atoms with Gasteiger partial charge in [-0.3, -0.25) is 4.79 Å². The van der Waals surface area contributed by atoms with Crippen molar-refractivity contribution in [3.63, 3.8) is 0 Å². The maximum absolute atomic E-state index is 11.4. The van der Waals surface area contributed by atoms with E-state index in [4.69, 9.17) is 11.6 Å². The van der Waals surface area contributed by atoms with Crippen LogP contribution >= 0.6 is 11.6 Å². The quantitative estimate of drug-likeness (QED) is 0.653. The third-order valence-electron chi connectivity index (χ3n) is 3.88. The predicted molar refractivity (Wildman–Crippen MR) is 103 cm³/mol. The molecule has 2 N–H and O–H groups in total. The van der Waals surface area contributed by atoms with Gasteiger partial charge in [0.25, 0.3) is 0 Å². The van der Waals surface area contributed by atoms with Gasteiger partial charge in [-0.15, -0.1) is 11.6 Å². The lowest BCUT2D eigenvalue weighted by Crippen LogP contribution is -2.12. The van der Waals surface area contributed by atoms with E-state index in [0.717, 1.165) is 22.4 Å². The summed E-state index contributed by atoms with van der Waals surface area (Å²) in [6.07, 6.45) is 1.51. The highest BCUT2D eigenvalue weighted by molar-refractivity contribution is 6.29. The van der Waals surface area contributed by atoms with Crippen LogP contribution in [0.3, 0.4) is 0 Å². The molecule has 1 heterocycles. The highest BCUT2D eigenvalue weighted by Crippen LogP contribution is 2.29. The van der Waals surface area contributed by atoms with E-state index in [-0.39, 0.29) is 11.8 Å². The SMILES string of the molecule is CC(C)c1ccccc1Nc1ncnc2cc(NC(=O)CCl)ccc12. The summed E-state index contributed by atoms with van der Waals surface area (Å²) in [5.41, 5.74) is 3.65. The third kappa shape index (κ3) is 3.88. The lowest BCUT2D eigenvalue weighted by molar-refractivity contribution is -0.113. The lowest BCUT2D eigenvalue weighted by Gasteiger charge is -2.15. The van der Waals surface area contributed by atoms with Crippen molar-refractivity contribution < 1.29 is 4.79 Å². The van der Waals surface area contributed by atoms with Crippen LogP contribution in [0.1, 0.15) is 25.3 Å². The summed E-state index contributed by atoms with van der Waals surface area (Å²) in [4.78, 5) is 20.1. The average Bonchev–Trinajstić information content (AvgIpc) is 2.62. The number of halogens is 1. The highest BCUT2D eigenvalue weighted by Gasteiger charge is 2.10. The number of nitrogens with zero attached hydrogens (tertiary/aromatic N) is 2. The molecule has 0 spiro atoms. The van der Waals surface area contributed by atoms with Gasteiger partial charge in [0.1, 0.15) is 18.0 Å². The van der Waals surface area contributed by atoms with E-state index in [1.165, 1.54) is 11.9 Å². The van der Waals surface area contributed by atoms with Gasteiger partial charge in [0.2, 0.25) is 5.91 Å². The number of carbonyl (C=O) groups excluding carboxylic acids is 1. The number of hydrogen-bond donors (Lipinski definition) is 2. The van der Waals surface area contributed by atoms with E-state index in [1.807, 2.05) is 30.3 Å². The average molecular weight is 355 g/mol. The van der Waals surface area contributed by atoms with Crippen LogP contribution in [0.15, 0.2) is 48.8 Å². The molecule has 0 aliphatic heterocycles. The molecule has 0 fully saturated rings. The van der Waals surface area contributed by atoms with Crippen molar-refractivity contribution in [2.45, 2.75) is 19.8 Å².